The lowest BCUT2D eigenvalue weighted by Crippen LogP contribution is -2.54. The summed E-state index contributed by atoms with van der Waals surface area (Å²) < 4.78 is 0. The molecule has 2 saturated carbocycles. The van der Waals surface area contributed by atoms with E-state index >= 15 is 0 Å². The monoisotopic (exact) mass is 290 g/mol. The molecule has 0 aliphatic heterocycles. The quantitative estimate of drug-likeness (QED) is 0.478. The van der Waals surface area contributed by atoms with Gasteiger partial charge in [-0.3, -0.25) is 4.79 Å². The van der Waals surface area contributed by atoms with Crippen LogP contribution in [0.1, 0.15) is 59.8 Å². The van der Waals surface area contributed by atoms with Crippen LogP contribution in [0.2, 0.25) is 0 Å². The smallest absolute Gasteiger partial charge is 0.145 e. The van der Waals surface area contributed by atoms with E-state index < -0.39 is 0 Å². The van der Waals surface area contributed by atoms with E-state index in [1.54, 1.807) is 0 Å². The first-order valence-electron chi connectivity index (χ1n) is 8.21. The van der Waals surface area contributed by atoms with Crippen LogP contribution < -0.4 is 0 Å². The van der Waals surface area contributed by atoms with Crippen molar-refractivity contribution in [2.24, 2.45) is 22.7 Å². The van der Waals surface area contributed by atoms with E-state index in [9.17, 15) is 9.90 Å². The molecule has 0 heterocycles. The van der Waals surface area contributed by atoms with Crippen molar-refractivity contribution in [2.75, 3.05) is 0 Å². The number of carbonyl (C=O) groups is 1. The van der Waals surface area contributed by atoms with Crippen molar-refractivity contribution in [2.45, 2.75) is 65.9 Å². The fraction of sp³-hybridized carbons (Fsp3) is 0.737. The van der Waals surface area contributed by atoms with Crippen molar-refractivity contribution >= 4 is 6.29 Å². The Hall–Kier alpha value is -0.890. The van der Waals surface area contributed by atoms with E-state index in [4.69, 9.17) is 0 Å². The fourth-order valence-electron chi connectivity index (χ4n) is 4.95. The van der Waals surface area contributed by atoms with Gasteiger partial charge in [0.25, 0.3) is 0 Å². The Morgan fingerprint density at radius 3 is 2.67 bits per heavy atom. The molecule has 4 atom stereocenters. The number of allylic oxidation sites excluding steroid dienone is 3. The van der Waals surface area contributed by atoms with E-state index in [0.29, 0.717) is 11.8 Å². The summed E-state index contributed by atoms with van der Waals surface area (Å²) in [5.41, 5.74) is 2.30. The summed E-state index contributed by atoms with van der Waals surface area (Å²) >= 11 is 0. The number of aldehydes is 1. The summed E-state index contributed by atoms with van der Waals surface area (Å²) in [5.74, 6) is 0.951. The van der Waals surface area contributed by atoms with Gasteiger partial charge in [0.2, 0.25) is 0 Å². The Kier molecular flexibility index (Phi) is 4.49. The molecule has 2 rings (SSSR count). The molecule has 0 aromatic heterocycles. The second-order valence-electron chi connectivity index (χ2n) is 7.99. The Morgan fingerprint density at radius 1 is 1.38 bits per heavy atom. The van der Waals surface area contributed by atoms with Crippen LogP contribution in [-0.2, 0) is 4.79 Å². The van der Waals surface area contributed by atoms with Gasteiger partial charge in [0.15, 0.2) is 0 Å². The molecule has 118 valence electrons. The predicted octanol–water partition coefficient (Wildman–Crippen LogP) is 4.29. The van der Waals surface area contributed by atoms with Crippen LogP contribution in [0, 0.1) is 22.7 Å². The second kappa shape index (κ2) is 5.72. The highest BCUT2D eigenvalue weighted by atomic mass is 16.3. The second-order valence-corrected chi connectivity index (χ2v) is 7.99. The summed E-state index contributed by atoms with van der Waals surface area (Å²) in [4.78, 5) is 10.8. The number of aliphatic hydroxyl groups excluding tert-OH is 1. The Morgan fingerprint density at radius 2 is 2.05 bits per heavy atom. The zero-order chi connectivity index (χ0) is 15.8. The highest BCUT2D eigenvalue weighted by Crippen LogP contribution is 2.61. The van der Waals surface area contributed by atoms with Gasteiger partial charge in [0.1, 0.15) is 6.29 Å². The molecule has 1 unspecified atom stereocenters. The molecule has 0 radical (unpaired) electrons. The SMILES string of the molecule is C=C1CCC2C(C)(C)[C@@H](O)CC[C@]2(C)[C@H]1C/C=C(\C)C=O. The maximum absolute atomic E-state index is 10.8. The minimum Gasteiger partial charge on any atom is -0.393 e. The predicted molar refractivity (Wildman–Crippen MR) is 86.9 cm³/mol. The van der Waals surface area contributed by atoms with E-state index in [1.165, 1.54) is 5.57 Å². The van der Waals surface area contributed by atoms with Crippen LogP contribution in [0.3, 0.4) is 0 Å². The molecule has 0 aromatic rings. The normalized spacial score (nSPS) is 39.8. The topological polar surface area (TPSA) is 37.3 Å². The molecule has 2 heteroatoms. The van der Waals surface area contributed by atoms with Gasteiger partial charge < -0.3 is 5.11 Å². The van der Waals surface area contributed by atoms with Gasteiger partial charge in [-0.25, -0.2) is 0 Å². The molecule has 0 saturated heterocycles. The molecule has 2 aliphatic rings. The molecule has 2 fully saturated rings. The van der Waals surface area contributed by atoms with Gasteiger partial charge in [0.05, 0.1) is 6.10 Å². The van der Waals surface area contributed by atoms with Crippen molar-refractivity contribution in [1.29, 1.82) is 0 Å². The van der Waals surface area contributed by atoms with Crippen LogP contribution in [0.15, 0.2) is 23.8 Å². The van der Waals surface area contributed by atoms with Gasteiger partial charge in [-0.15, -0.1) is 0 Å². The van der Waals surface area contributed by atoms with Crippen molar-refractivity contribution in [3.05, 3.63) is 23.8 Å². The molecule has 1 N–H and O–H groups in total. The van der Waals surface area contributed by atoms with Crippen LogP contribution >= 0.6 is 0 Å². The van der Waals surface area contributed by atoms with E-state index in [-0.39, 0.29) is 16.9 Å². The maximum Gasteiger partial charge on any atom is 0.145 e. The van der Waals surface area contributed by atoms with Crippen LogP contribution in [0.25, 0.3) is 0 Å². The third kappa shape index (κ3) is 2.75. The molecule has 21 heavy (non-hydrogen) atoms. The lowest BCUT2D eigenvalue weighted by Gasteiger charge is -2.59. The van der Waals surface area contributed by atoms with Crippen molar-refractivity contribution in [3.8, 4) is 0 Å². The lowest BCUT2D eigenvalue weighted by molar-refractivity contribution is -0.123. The molecule has 0 spiro atoms. The van der Waals surface area contributed by atoms with Crippen LogP contribution in [0.5, 0.6) is 0 Å². The number of hydrogen-bond acceptors (Lipinski definition) is 2. The zero-order valence-corrected chi connectivity index (χ0v) is 14.0. The first-order chi connectivity index (χ1) is 9.73. The van der Waals surface area contributed by atoms with Gasteiger partial charge >= 0.3 is 0 Å². The van der Waals surface area contributed by atoms with Gasteiger partial charge in [-0.05, 0) is 67.3 Å². The maximum atomic E-state index is 10.8. The average Bonchev–Trinajstić information content (AvgIpc) is 2.42. The lowest BCUT2D eigenvalue weighted by atomic mass is 9.46. The van der Waals surface area contributed by atoms with Gasteiger partial charge in [-0.2, -0.15) is 0 Å². The molecule has 0 aromatic carbocycles. The molecule has 2 nitrogen and oxygen atoms in total. The first kappa shape index (κ1) is 16.5. The number of rotatable bonds is 3. The average molecular weight is 290 g/mol. The first-order valence-corrected chi connectivity index (χ1v) is 8.21. The number of fused-ring (bicyclic) bond motifs is 1. The van der Waals surface area contributed by atoms with Crippen molar-refractivity contribution in [3.63, 3.8) is 0 Å². The standard InChI is InChI=1S/C19H30O2/c1-13(12-20)6-8-15-14(2)7-9-16-18(3,4)17(21)10-11-19(15,16)5/h6,12,15-17,21H,2,7-11H2,1,3-5H3/b13-6+/t15-,16?,17-,19+/m0/s1. The van der Waals surface area contributed by atoms with Gasteiger partial charge in [0, 0.05) is 0 Å². The summed E-state index contributed by atoms with van der Waals surface area (Å²) in [6.45, 7) is 13.0. The number of aliphatic hydroxyl groups is 1. The number of hydrogen-bond donors (Lipinski definition) is 1. The van der Waals surface area contributed by atoms with Crippen LogP contribution in [0.4, 0.5) is 0 Å². The Balaban J connectivity index is 2.32. The molecule has 2 aliphatic carbocycles. The Labute approximate surface area is 129 Å². The van der Waals surface area contributed by atoms with Crippen molar-refractivity contribution < 1.29 is 9.90 Å². The summed E-state index contributed by atoms with van der Waals surface area (Å²) in [7, 11) is 0. The molecular formula is C19H30O2. The number of carbonyl (C=O) groups excluding carboxylic acids is 1. The third-order valence-corrected chi connectivity index (χ3v) is 6.41. The summed E-state index contributed by atoms with van der Waals surface area (Å²) in [6, 6.07) is 0. The molecular weight excluding hydrogens is 260 g/mol. The summed E-state index contributed by atoms with van der Waals surface area (Å²) in [6.07, 6.45) is 7.81. The Bertz CT molecular complexity index is 460. The minimum atomic E-state index is -0.199. The largest absolute Gasteiger partial charge is 0.393 e. The molecule has 0 bridgehead atoms. The highest BCUT2D eigenvalue weighted by molar-refractivity contribution is 5.71. The van der Waals surface area contributed by atoms with Crippen molar-refractivity contribution in [1.82, 2.24) is 0 Å². The summed E-state index contributed by atoms with van der Waals surface area (Å²) in [5, 5.41) is 10.4. The highest BCUT2D eigenvalue weighted by Gasteiger charge is 2.55. The molecule has 0 amide bonds. The van der Waals surface area contributed by atoms with E-state index in [2.05, 4.69) is 33.4 Å². The van der Waals surface area contributed by atoms with E-state index in [1.807, 2.05) is 6.92 Å². The minimum absolute atomic E-state index is 0.0324. The zero-order valence-electron chi connectivity index (χ0n) is 14.0. The van der Waals surface area contributed by atoms with E-state index in [0.717, 1.165) is 44.0 Å². The van der Waals surface area contributed by atoms with Crippen LogP contribution in [-0.4, -0.2) is 17.5 Å². The third-order valence-electron chi connectivity index (χ3n) is 6.41. The van der Waals surface area contributed by atoms with Gasteiger partial charge in [-0.1, -0.05) is 39.0 Å². The fourth-order valence-corrected chi connectivity index (χ4v) is 4.95.